The van der Waals surface area contributed by atoms with Crippen molar-refractivity contribution in [2.45, 2.75) is 23.8 Å². The lowest BCUT2D eigenvalue weighted by Gasteiger charge is -2.36. The molecule has 5 nitrogen and oxygen atoms in total. The minimum absolute atomic E-state index is 0.0357. The summed E-state index contributed by atoms with van der Waals surface area (Å²) in [6, 6.07) is 3.15. The summed E-state index contributed by atoms with van der Waals surface area (Å²) in [5.41, 5.74) is 5.99. The second-order valence-electron chi connectivity index (χ2n) is 5.51. The number of hydrogen-bond donors (Lipinski definition) is 1. The number of piperazine rings is 1. The molecule has 2 heterocycles. The van der Waals surface area contributed by atoms with E-state index < -0.39 is 10.0 Å². The van der Waals surface area contributed by atoms with Gasteiger partial charge < -0.3 is 5.73 Å². The molecule has 0 bridgehead atoms. The standard InChI is InChI=1S/C13H17Cl2N3O2S/c14-11-6-9(16)7-12(15)13(11)21(19,20)18-5-4-17-3-1-2-10(17)8-18/h6-7,10H,1-5,8,16H2. The Morgan fingerprint density at radius 3 is 2.48 bits per heavy atom. The quantitative estimate of drug-likeness (QED) is 0.829. The molecule has 0 radical (unpaired) electrons. The Labute approximate surface area is 134 Å². The van der Waals surface area contributed by atoms with Crippen molar-refractivity contribution >= 4 is 38.9 Å². The van der Waals surface area contributed by atoms with Crippen molar-refractivity contribution in [1.82, 2.24) is 9.21 Å². The number of nitrogens with zero attached hydrogens (tertiary/aromatic N) is 2. The lowest BCUT2D eigenvalue weighted by atomic mass is 10.2. The van der Waals surface area contributed by atoms with E-state index in [1.807, 2.05) is 0 Å². The van der Waals surface area contributed by atoms with Crippen LogP contribution >= 0.6 is 23.2 Å². The van der Waals surface area contributed by atoms with Gasteiger partial charge in [0.15, 0.2) is 0 Å². The van der Waals surface area contributed by atoms with Crippen LogP contribution in [0.5, 0.6) is 0 Å². The Kier molecular flexibility index (Phi) is 4.09. The summed E-state index contributed by atoms with van der Waals surface area (Å²) < 4.78 is 27.1. The largest absolute Gasteiger partial charge is 0.399 e. The SMILES string of the molecule is Nc1cc(Cl)c(S(=O)(=O)N2CCN3CCCC3C2)c(Cl)c1. The maximum Gasteiger partial charge on any atom is 0.246 e. The molecular weight excluding hydrogens is 333 g/mol. The van der Waals surface area contributed by atoms with Crippen LogP contribution in [0.15, 0.2) is 17.0 Å². The van der Waals surface area contributed by atoms with E-state index in [9.17, 15) is 8.42 Å². The zero-order valence-electron chi connectivity index (χ0n) is 11.4. The minimum atomic E-state index is -3.69. The molecule has 1 atom stereocenters. The van der Waals surface area contributed by atoms with Gasteiger partial charge in [-0.05, 0) is 31.5 Å². The molecule has 0 spiro atoms. The Balaban J connectivity index is 1.94. The molecule has 8 heteroatoms. The maximum atomic E-state index is 12.8. The van der Waals surface area contributed by atoms with Gasteiger partial charge in [0.05, 0.1) is 10.0 Å². The summed E-state index contributed by atoms with van der Waals surface area (Å²) in [6.45, 7) is 2.78. The average molecular weight is 350 g/mol. The molecule has 0 aliphatic carbocycles. The van der Waals surface area contributed by atoms with Crippen molar-refractivity contribution in [2.24, 2.45) is 0 Å². The molecule has 116 valence electrons. The second kappa shape index (κ2) is 5.59. The fraction of sp³-hybridized carbons (Fsp3) is 0.538. The summed E-state index contributed by atoms with van der Waals surface area (Å²) >= 11 is 12.1. The van der Waals surface area contributed by atoms with Gasteiger partial charge in [0.2, 0.25) is 10.0 Å². The van der Waals surface area contributed by atoms with Crippen LogP contribution in [0.25, 0.3) is 0 Å². The molecule has 2 aliphatic heterocycles. The van der Waals surface area contributed by atoms with Gasteiger partial charge in [0.25, 0.3) is 0 Å². The number of anilines is 1. The fourth-order valence-corrected chi connectivity index (χ4v) is 5.78. The first-order chi connectivity index (χ1) is 9.89. The molecule has 0 aromatic heterocycles. The predicted molar refractivity (Wildman–Crippen MR) is 84.2 cm³/mol. The number of benzene rings is 1. The molecule has 1 aromatic carbocycles. The van der Waals surface area contributed by atoms with Crippen molar-refractivity contribution in [2.75, 3.05) is 31.9 Å². The van der Waals surface area contributed by atoms with Crippen molar-refractivity contribution < 1.29 is 8.42 Å². The maximum absolute atomic E-state index is 12.8. The van der Waals surface area contributed by atoms with Gasteiger partial charge >= 0.3 is 0 Å². The van der Waals surface area contributed by atoms with Crippen LogP contribution in [0, 0.1) is 0 Å². The van der Waals surface area contributed by atoms with E-state index >= 15 is 0 Å². The number of fused-ring (bicyclic) bond motifs is 1. The number of sulfonamides is 1. The number of rotatable bonds is 2. The normalized spacial score (nSPS) is 24.2. The summed E-state index contributed by atoms with van der Waals surface area (Å²) in [6.07, 6.45) is 2.16. The highest BCUT2D eigenvalue weighted by Gasteiger charge is 2.37. The first-order valence-corrected chi connectivity index (χ1v) is 9.08. The first-order valence-electron chi connectivity index (χ1n) is 6.88. The Morgan fingerprint density at radius 2 is 1.81 bits per heavy atom. The third-order valence-corrected chi connectivity index (χ3v) is 6.96. The van der Waals surface area contributed by atoms with Crippen LogP contribution in [-0.4, -0.2) is 49.8 Å². The molecule has 21 heavy (non-hydrogen) atoms. The highest BCUT2D eigenvalue weighted by atomic mass is 35.5. The number of halogens is 2. The van der Waals surface area contributed by atoms with Crippen LogP contribution in [-0.2, 0) is 10.0 Å². The van der Waals surface area contributed by atoms with E-state index in [4.69, 9.17) is 28.9 Å². The smallest absolute Gasteiger partial charge is 0.246 e. The third kappa shape index (κ3) is 2.75. The van der Waals surface area contributed by atoms with Gasteiger partial charge in [-0.2, -0.15) is 4.31 Å². The summed E-state index contributed by atoms with van der Waals surface area (Å²) in [5, 5.41) is 0.155. The van der Waals surface area contributed by atoms with E-state index in [2.05, 4.69) is 4.90 Å². The summed E-state index contributed by atoms with van der Waals surface area (Å²) in [7, 11) is -3.69. The minimum Gasteiger partial charge on any atom is -0.399 e. The fourth-order valence-electron chi connectivity index (χ4n) is 3.14. The number of nitrogens with two attached hydrogens (primary N) is 1. The topological polar surface area (TPSA) is 66.6 Å². The van der Waals surface area contributed by atoms with E-state index in [-0.39, 0.29) is 14.9 Å². The van der Waals surface area contributed by atoms with Crippen molar-refractivity contribution in [1.29, 1.82) is 0 Å². The lowest BCUT2D eigenvalue weighted by molar-refractivity contribution is 0.158. The van der Waals surface area contributed by atoms with E-state index in [0.717, 1.165) is 25.9 Å². The zero-order valence-corrected chi connectivity index (χ0v) is 13.8. The van der Waals surface area contributed by atoms with Crippen LogP contribution in [0.1, 0.15) is 12.8 Å². The number of hydrogen-bond acceptors (Lipinski definition) is 4. The molecule has 0 amide bonds. The van der Waals surface area contributed by atoms with Crippen LogP contribution in [0.4, 0.5) is 5.69 Å². The van der Waals surface area contributed by atoms with Crippen LogP contribution < -0.4 is 5.73 Å². The van der Waals surface area contributed by atoms with Gasteiger partial charge in [-0.3, -0.25) is 4.90 Å². The Bertz CT molecular complexity index is 642. The molecule has 2 aliphatic rings. The molecule has 2 N–H and O–H groups in total. The van der Waals surface area contributed by atoms with E-state index in [0.29, 0.717) is 24.8 Å². The summed E-state index contributed by atoms with van der Waals surface area (Å²) in [4.78, 5) is 2.31. The highest BCUT2D eigenvalue weighted by Crippen LogP contribution is 2.35. The predicted octanol–water partition coefficient (Wildman–Crippen LogP) is 2.04. The van der Waals surface area contributed by atoms with Crippen LogP contribution in [0.2, 0.25) is 10.0 Å². The zero-order chi connectivity index (χ0) is 15.2. The molecule has 2 saturated heterocycles. The van der Waals surface area contributed by atoms with Gasteiger partial charge in [0, 0.05) is 31.4 Å². The van der Waals surface area contributed by atoms with Crippen molar-refractivity contribution in [3.63, 3.8) is 0 Å². The van der Waals surface area contributed by atoms with Gasteiger partial charge in [0.1, 0.15) is 4.90 Å². The monoisotopic (exact) mass is 349 g/mol. The second-order valence-corrected chi connectivity index (χ2v) is 8.20. The van der Waals surface area contributed by atoms with E-state index in [1.54, 1.807) is 0 Å². The van der Waals surface area contributed by atoms with E-state index in [1.165, 1.54) is 16.4 Å². The van der Waals surface area contributed by atoms with Gasteiger partial charge in [-0.1, -0.05) is 23.2 Å². The Hall–Kier alpha value is -0.530. The lowest BCUT2D eigenvalue weighted by Crippen LogP contribution is -2.51. The van der Waals surface area contributed by atoms with Crippen LogP contribution in [0.3, 0.4) is 0 Å². The van der Waals surface area contributed by atoms with Crippen molar-refractivity contribution in [3.8, 4) is 0 Å². The summed E-state index contributed by atoms with van der Waals surface area (Å²) in [5.74, 6) is 0. The van der Waals surface area contributed by atoms with Crippen molar-refractivity contribution in [3.05, 3.63) is 22.2 Å². The highest BCUT2D eigenvalue weighted by molar-refractivity contribution is 7.89. The molecular formula is C13H17Cl2N3O2S. The third-order valence-electron chi connectivity index (χ3n) is 4.17. The molecule has 1 unspecified atom stereocenters. The average Bonchev–Trinajstić information content (AvgIpc) is 2.83. The molecule has 0 saturated carbocycles. The Morgan fingerprint density at radius 1 is 1.14 bits per heavy atom. The first kappa shape index (κ1) is 15.4. The molecule has 2 fully saturated rings. The van der Waals surface area contributed by atoms with Gasteiger partial charge in [-0.15, -0.1) is 0 Å². The molecule has 1 aromatic rings. The molecule has 3 rings (SSSR count). The number of nitrogen functional groups attached to an aromatic ring is 1. The van der Waals surface area contributed by atoms with Gasteiger partial charge in [-0.25, -0.2) is 8.42 Å².